The van der Waals surface area contributed by atoms with Crippen LogP contribution in [0.1, 0.15) is 21.5 Å². The van der Waals surface area contributed by atoms with Crippen LogP contribution in [0.2, 0.25) is 5.02 Å². The van der Waals surface area contributed by atoms with Crippen LogP contribution < -0.4 is 5.32 Å². The summed E-state index contributed by atoms with van der Waals surface area (Å²) in [7, 11) is -0.994. The van der Waals surface area contributed by atoms with Gasteiger partial charge in [0.05, 0.1) is 15.5 Å². The molecule has 0 heterocycles. The van der Waals surface area contributed by atoms with Crippen LogP contribution in [0, 0.1) is 13.8 Å². The van der Waals surface area contributed by atoms with Gasteiger partial charge in [-0.3, -0.25) is 4.79 Å². The number of esters is 1. The van der Waals surface area contributed by atoms with Crippen molar-refractivity contribution < 1.29 is 22.7 Å². The Balaban J connectivity index is 2.12. The van der Waals surface area contributed by atoms with E-state index in [0.29, 0.717) is 5.69 Å². The van der Waals surface area contributed by atoms with E-state index in [0.717, 1.165) is 21.5 Å². The molecule has 9 heteroatoms. The van der Waals surface area contributed by atoms with E-state index in [4.69, 9.17) is 16.3 Å². The first-order valence-electron chi connectivity index (χ1n) is 8.29. The van der Waals surface area contributed by atoms with Crippen molar-refractivity contribution in [1.82, 2.24) is 4.31 Å². The van der Waals surface area contributed by atoms with Gasteiger partial charge in [-0.25, -0.2) is 17.5 Å². The van der Waals surface area contributed by atoms with E-state index < -0.39 is 28.5 Å². The van der Waals surface area contributed by atoms with Gasteiger partial charge < -0.3 is 10.1 Å². The Hall–Kier alpha value is -2.42. The highest BCUT2D eigenvalue weighted by Gasteiger charge is 2.22. The number of rotatable bonds is 6. The number of aryl methyl sites for hydroxylation is 2. The van der Waals surface area contributed by atoms with E-state index in [9.17, 15) is 18.0 Å². The number of amides is 1. The number of ether oxygens (including phenoxy) is 1. The van der Waals surface area contributed by atoms with E-state index >= 15 is 0 Å². The SMILES string of the molecule is Cc1cccc(C)c1NC(=O)COC(=O)c1cc(S(=O)(=O)N(C)C)ccc1Cl. The summed E-state index contributed by atoms with van der Waals surface area (Å²) in [6, 6.07) is 9.30. The molecule has 0 bridgehead atoms. The van der Waals surface area contributed by atoms with Crippen molar-refractivity contribution in [3.05, 3.63) is 58.1 Å². The van der Waals surface area contributed by atoms with E-state index in [1.165, 1.54) is 26.2 Å². The molecule has 2 aromatic rings. The first-order chi connectivity index (χ1) is 13.0. The van der Waals surface area contributed by atoms with Gasteiger partial charge in [0.25, 0.3) is 5.91 Å². The van der Waals surface area contributed by atoms with Crippen LogP contribution in [-0.4, -0.2) is 45.3 Å². The predicted molar refractivity (Wildman–Crippen MR) is 107 cm³/mol. The van der Waals surface area contributed by atoms with Crippen molar-refractivity contribution in [2.24, 2.45) is 0 Å². The van der Waals surface area contributed by atoms with Gasteiger partial charge in [-0.15, -0.1) is 0 Å². The molecule has 0 radical (unpaired) electrons. The topological polar surface area (TPSA) is 92.8 Å². The van der Waals surface area contributed by atoms with Gasteiger partial charge in [0, 0.05) is 19.8 Å². The number of sulfonamides is 1. The van der Waals surface area contributed by atoms with Crippen molar-refractivity contribution in [2.75, 3.05) is 26.0 Å². The lowest BCUT2D eigenvalue weighted by molar-refractivity contribution is -0.119. The number of anilines is 1. The number of carbonyl (C=O) groups excluding carboxylic acids is 2. The van der Waals surface area contributed by atoms with Crippen molar-refractivity contribution in [3.8, 4) is 0 Å². The highest BCUT2D eigenvalue weighted by atomic mass is 35.5. The molecule has 0 saturated heterocycles. The highest BCUT2D eigenvalue weighted by molar-refractivity contribution is 7.89. The molecule has 0 aliphatic carbocycles. The second-order valence-electron chi connectivity index (χ2n) is 6.32. The van der Waals surface area contributed by atoms with Crippen LogP contribution in [-0.2, 0) is 19.6 Å². The number of carbonyl (C=O) groups is 2. The number of nitrogens with zero attached hydrogens (tertiary/aromatic N) is 1. The van der Waals surface area contributed by atoms with Crippen LogP contribution in [0.4, 0.5) is 5.69 Å². The zero-order valence-electron chi connectivity index (χ0n) is 15.9. The molecule has 7 nitrogen and oxygen atoms in total. The largest absolute Gasteiger partial charge is 0.452 e. The van der Waals surface area contributed by atoms with Crippen LogP contribution in [0.5, 0.6) is 0 Å². The Kier molecular flexibility index (Phi) is 6.82. The third-order valence-electron chi connectivity index (χ3n) is 4.02. The molecular weight excluding hydrogens is 404 g/mol. The summed E-state index contributed by atoms with van der Waals surface area (Å²) >= 11 is 6.00. The second kappa shape index (κ2) is 8.72. The van der Waals surface area contributed by atoms with E-state index in [2.05, 4.69) is 5.32 Å². The average Bonchev–Trinajstić information content (AvgIpc) is 2.63. The van der Waals surface area contributed by atoms with Gasteiger partial charge in [0.15, 0.2) is 6.61 Å². The minimum absolute atomic E-state index is 0.0258. The molecule has 0 aliphatic rings. The van der Waals surface area contributed by atoms with Crippen molar-refractivity contribution in [2.45, 2.75) is 18.7 Å². The minimum Gasteiger partial charge on any atom is -0.452 e. The molecule has 0 aromatic heterocycles. The Labute approximate surface area is 169 Å². The Morgan fingerprint density at radius 3 is 2.29 bits per heavy atom. The maximum absolute atomic E-state index is 12.3. The summed E-state index contributed by atoms with van der Waals surface area (Å²) in [6.07, 6.45) is 0. The number of para-hydroxylation sites is 1. The maximum Gasteiger partial charge on any atom is 0.340 e. The zero-order valence-corrected chi connectivity index (χ0v) is 17.5. The van der Waals surface area contributed by atoms with E-state index in [1.807, 2.05) is 32.0 Å². The number of halogens is 1. The lowest BCUT2D eigenvalue weighted by Gasteiger charge is -2.13. The monoisotopic (exact) mass is 424 g/mol. The summed E-state index contributed by atoms with van der Waals surface area (Å²) < 4.78 is 30.5. The summed E-state index contributed by atoms with van der Waals surface area (Å²) in [5, 5.41) is 2.72. The van der Waals surface area contributed by atoms with E-state index in [-0.39, 0.29) is 15.5 Å². The first kappa shape index (κ1) is 21.9. The first-order valence-corrected chi connectivity index (χ1v) is 10.1. The van der Waals surface area contributed by atoms with Crippen LogP contribution >= 0.6 is 11.6 Å². The van der Waals surface area contributed by atoms with Gasteiger partial charge in [-0.05, 0) is 43.2 Å². The number of nitrogens with one attached hydrogen (secondary N) is 1. The standard InChI is InChI=1S/C19H21ClN2O5S/c1-12-6-5-7-13(2)18(12)21-17(23)11-27-19(24)15-10-14(8-9-16(15)20)28(25,26)22(3)4/h5-10H,11H2,1-4H3,(H,21,23). The van der Waals surface area contributed by atoms with Crippen LogP contribution in [0.3, 0.4) is 0 Å². The summed E-state index contributed by atoms with van der Waals surface area (Å²) in [5.74, 6) is -1.41. The third kappa shape index (κ3) is 4.89. The van der Waals surface area contributed by atoms with Crippen LogP contribution in [0.25, 0.3) is 0 Å². The van der Waals surface area contributed by atoms with Gasteiger partial charge >= 0.3 is 5.97 Å². The molecule has 1 N–H and O–H groups in total. The van der Waals surface area contributed by atoms with Crippen molar-refractivity contribution in [3.63, 3.8) is 0 Å². The molecule has 0 aliphatic heterocycles. The Bertz CT molecular complexity index is 999. The summed E-state index contributed by atoms with van der Waals surface area (Å²) in [6.45, 7) is 3.17. The third-order valence-corrected chi connectivity index (χ3v) is 6.16. The van der Waals surface area contributed by atoms with Crippen molar-refractivity contribution in [1.29, 1.82) is 0 Å². The van der Waals surface area contributed by atoms with Gasteiger partial charge in [0.2, 0.25) is 10.0 Å². The molecule has 2 aromatic carbocycles. The van der Waals surface area contributed by atoms with Crippen LogP contribution in [0.15, 0.2) is 41.3 Å². The number of hydrogen-bond donors (Lipinski definition) is 1. The normalized spacial score (nSPS) is 11.4. The fourth-order valence-electron chi connectivity index (χ4n) is 2.43. The molecule has 28 heavy (non-hydrogen) atoms. The van der Waals surface area contributed by atoms with E-state index in [1.54, 1.807) is 0 Å². The molecule has 0 atom stereocenters. The fourth-order valence-corrected chi connectivity index (χ4v) is 3.55. The van der Waals surface area contributed by atoms with Gasteiger partial charge in [-0.1, -0.05) is 29.8 Å². The number of benzene rings is 2. The van der Waals surface area contributed by atoms with Gasteiger partial charge in [-0.2, -0.15) is 0 Å². The molecular formula is C19H21ClN2O5S. The highest BCUT2D eigenvalue weighted by Crippen LogP contribution is 2.23. The average molecular weight is 425 g/mol. The zero-order chi connectivity index (χ0) is 21.1. The lowest BCUT2D eigenvalue weighted by atomic mass is 10.1. The maximum atomic E-state index is 12.3. The smallest absolute Gasteiger partial charge is 0.340 e. The second-order valence-corrected chi connectivity index (χ2v) is 8.88. The molecule has 0 spiro atoms. The molecule has 0 saturated carbocycles. The molecule has 150 valence electrons. The Morgan fingerprint density at radius 1 is 1.11 bits per heavy atom. The van der Waals surface area contributed by atoms with Crippen molar-refractivity contribution >= 4 is 39.2 Å². The molecule has 2 rings (SSSR count). The lowest BCUT2D eigenvalue weighted by Crippen LogP contribution is -2.23. The van der Waals surface area contributed by atoms with Gasteiger partial charge in [0.1, 0.15) is 0 Å². The number of hydrogen-bond acceptors (Lipinski definition) is 5. The molecule has 0 unspecified atom stereocenters. The molecule has 0 fully saturated rings. The molecule has 1 amide bonds. The summed E-state index contributed by atoms with van der Waals surface area (Å²) in [5.41, 5.74) is 2.28. The summed E-state index contributed by atoms with van der Waals surface area (Å²) in [4.78, 5) is 24.3. The predicted octanol–water partition coefficient (Wildman–Crippen LogP) is 3.00. The Morgan fingerprint density at radius 2 is 1.71 bits per heavy atom. The fraction of sp³-hybridized carbons (Fsp3) is 0.263. The minimum atomic E-state index is -3.74. The quantitative estimate of drug-likeness (QED) is 0.719.